The maximum absolute atomic E-state index is 13.3. The van der Waals surface area contributed by atoms with E-state index in [4.69, 9.17) is 11.6 Å². The largest absolute Gasteiger partial charge is 0.464 e. The van der Waals surface area contributed by atoms with Crippen LogP contribution in [0.1, 0.15) is 22.3 Å². The fraction of sp³-hybridized carbons (Fsp3) is 0.231. The molecule has 2 rings (SSSR count). The van der Waals surface area contributed by atoms with Crippen LogP contribution >= 0.6 is 22.9 Å². The van der Waals surface area contributed by atoms with Gasteiger partial charge in [-0.15, -0.1) is 11.3 Å². The van der Waals surface area contributed by atoms with Crippen molar-refractivity contribution in [2.75, 3.05) is 7.11 Å². The van der Waals surface area contributed by atoms with Crippen molar-refractivity contribution >= 4 is 28.9 Å². The van der Waals surface area contributed by atoms with Gasteiger partial charge in [-0.2, -0.15) is 0 Å². The zero-order valence-electron chi connectivity index (χ0n) is 10.4. The van der Waals surface area contributed by atoms with Crippen LogP contribution in [-0.4, -0.2) is 18.1 Å². The van der Waals surface area contributed by atoms with Gasteiger partial charge in [-0.25, -0.2) is 14.2 Å². The zero-order valence-corrected chi connectivity index (χ0v) is 11.9. The first-order valence-electron chi connectivity index (χ1n) is 5.59. The lowest BCUT2D eigenvalue weighted by atomic mass is 10.2. The highest BCUT2D eigenvalue weighted by Crippen LogP contribution is 2.31. The van der Waals surface area contributed by atoms with E-state index in [1.54, 1.807) is 6.07 Å². The Kier molecular flexibility index (Phi) is 4.17. The zero-order chi connectivity index (χ0) is 14.0. The van der Waals surface area contributed by atoms with Crippen LogP contribution < -0.4 is 0 Å². The van der Waals surface area contributed by atoms with Crippen molar-refractivity contribution in [3.8, 4) is 10.6 Å². The van der Waals surface area contributed by atoms with E-state index >= 15 is 0 Å². The Morgan fingerprint density at radius 1 is 1.47 bits per heavy atom. The van der Waals surface area contributed by atoms with Gasteiger partial charge >= 0.3 is 5.97 Å². The smallest absolute Gasteiger partial charge is 0.357 e. The molecule has 0 saturated heterocycles. The third-order valence-corrected chi connectivity index (χ3v) is 3.97. The normalized spacial score (nSPS) is 10.5. The first kappa shape index (κ1) is 14.0. The molecule has 0 fully saturated rings. The van der Waals surface area contributed by atoms with Crippen molar-refractivity contribution in [1.82, 2.24) is 4.98 Å². The molecule has 1 aromatic heterocycles. The molecule has 0 aliphatic rings. The van der Waals surface area contributed by atoms with Crippen LogP contribution in [0.5, 0.6) is 0 Å². The summed E-state index contributed by atoms with van der Waals surface area (Å²) in [6.45, 7) is 1.92. The molecule has 0 saturated carbocycles. The average Bonchev–Trinajstić information content (AvgIpc) is 2.80. The van der Waals surface area contributed by atoms with Crippen LogP contribution in [0.2, 0.25) is 5.02 Å². The molecule has 0 radical (unpaired) electrons. The van der Waals surface area contributed by atoms with Gasteiger partial charge in [0.15, 0.2) is 5.69 Å². The number of nitrogens with zero attached hydrogens (tertiary/aromatic N) is 1. The Hall–Kier alpha value is -1.46. The van der Waals surface area contributed by atoms with Crippen LogP contribution in [0.25, 0.3) is 10.6 Å². The van der Waals surface area contributed by atoms with E-state index in [0.29, 0.717) is 22.0 Å². The monoisotopic (exact) mass is 299 g/mol. The summed E-state index contributed by atoms with van der Waals surface area (Å²) < 4.78 is 18.0. The van der Waals surface area contributed by atoms with E-state index in [0.717, 1.165) is 4.88 Å². The fourth-order valence-corrected chi connectivity index (χ4v) is 2.85. The maximum atomic E-state index is 13.3. The molecule has 1 heterocycles. The lowest BCUT2D eigenvalue weighted by Gasteiger charge is -1.98. The summed E-state index contributed by atoms with van der Waals surface area (Å²) in [6, 6.07) is 4.18. The number of halogens is 2. The number of hydrogen-bond donors (Lipinski definition) is 0. The molecule has 100 valence electrons. The molecule has 19 heavy (non-hydrogen) atoms. The summed E-state index contributed by atoms with van der Waals surface area (Å²) in [5.74, 6) is -0.919. The minimum Gasteiger partial charge on any atom is -0.464 e. The van der Waals surface area contributed by atoms with Crippen LogP contribution in [0.3, 0.4) is 0 Å². The van der Waals surface area contributed by atoms with Crippen molar-refractivity contribution in [2.45, 2.75) is 13.3 Å². The van der Waals surface area contributed by atoms with E-state index in [-0.39, 0.29) is 5.69 Å². The van der Waals surface area contributed by atoms with Gasteiger partial charge in [-0.05, 0) is 24.6 Å². The molecule has 0 N–H and O–H groups in total. The van der Waals surface area contributed by atoms with E-state index in [2.05, 4.69) is 9.72 Å². The van der Waals surface area contributed by atoms with E-state index in [1.807, 2.05) is 6.92 Å². The molecule has 2 aromatic rings. The molecule has 0 atom stereocenters. The van der Waals surface area contributed by atoms with Crippen molar-refractivity contribution in [3.63, 3.8) is 0 Å². The summed E-state index contributed by atoms with van der Waals surface area (Å²) in [5.41, 5.74) is 0.838. The molecule has 0 aliphatic heterocycles. The Morgan fingerprint density at radius 2 is 2.21 bits per heavy atom. The molecular formula is C13H11ClFNO2S. The van der Waals surface area contributed by atoms with Crippen molar-refractivity contribution < 1.29 is 13.9 Å². The number of rotatable bonds is 3. The second-order valence-electron chi connectivity index (χ2n) is 3.79. The number of benzene rings is 1. The molecule has 0 amide bonds. The average molecular weight is 300 g/mol. The number of carbonyl (C=O) groups excluding carboxylic acids is 1. The first-order chi connectivity index (χ1) is 9.05. The summed E-state index contributed by atoms with van der Waals surface area (Å²) >= 11 is 7.15. The Labute approximate surface area is 119 Å². The minimum absolute atomic E-state index is 0.283. The maximum Gasteiger partial charge on any atom is 0.357 e. The highest BCUT2D eigenvalue weighted by Gasteiger charge is 2.18. The summed E-state index contributed by atoms with van der Waals surface area (Å²) in [7, 11) is 1.31. The van der Waals surface area contributed by atoms with E-state index in [9.17, 15) is 9.18 Å². The van der Waals surface area contributed by atoms with Gasteiger partial charge in [0.25, 0.3) is 0 Å². The molecule has 6 heteroatoms. The number of carbonyl (C=O) groups is 1. The lowest BCUT2D eigenvalue weighted by molar-refractivity contribution is 0.0594. The minimum atomic E-state index is -0.484. The molecule has 3 nitrogen and oxygen atoms in total. The SMILES string of the molecule is CCc1sc(-c2cc(F)cc(Cl)c2)nc1C(=O)OC. The van der Waals surface area contributed by atoms with Gasteiger partial charge in [0.1, 0.15) is 10.8 Å². The number of aryl methyl sites for hydroxylation is 1. The van der Waals surface area contributed by atoms with Crippen LogP contribution in [0, 0.1) is 5.82 Å². The van der Waals surface area contributed by atoms with E-state index < -0.39 is 11.8 Å². The topological polar surface area (TPSA) is 39.2 Å². The van der Waals surface area contributed by atoms with Gasteiger partial charge in [-0.1, -0.05) is 18.5 Å². The third-order valence-electron chi connectivity index (χ3n) is 2.51. The predicted molar refractivity (Wildman–Crippen MR) is 73.2 cm³/mol. The first-order valence-corrected chi connectivity index (χ1v) is 6.79. The highest BCUT2D eigenvalue weighted by molar-refractivity contribution is 7.15. The number of esters is 1. The number of methoxy groups -OCH3 is 1. The highest BCUT2D eigenvalue weighted by atomic mass is 35.5. The van der Waals surface area contributed by atoms with Gasteiger partial charge in [0.05, 0.1) is 7.11 Å². The van der Waals surface area contributed by atoms with Crippen LogP contribution in [0.15, 0.2) is 18.2 Å². The van der Waals surface area contributed by atoms with Crippen molar-refractivity contribution in [1.29, 1.82) is 0 Å². The summed E-state index contributed by atoms with van der Waals surface area (Å²) in [5, 5.41) is 0.849. The quantitative estimate of drug-likeness (QED) is 0.806. The predicted octanol–water partition coefficient (Wildman–Crippen LogP) is 3.95. The Morgan fingerprint density at radius 3 is 2.79 bits per heavy atom. The van der Waals surface area contributed by atoms with Crippen LogP contribution in [0.4, 0.5) is 4.39 Å². The second-order valence-corrected chi connectivity index (χ2v) is 5.31. The molecule has 0 bridgehead atoms. The lowest BCUT2D eigenvalue weighted by Crippen LogP contribution is -2.04. The third kappa shape index (κ3) is 2.93. The molecule has 1 aromatic carbocycles. The summed E-state index contributed by atoms with van der Waals surface area (Å²) in [6.07, 6.45) is 0.658. The number of ether oxygens (including phenoxy) is 1. The molecule has 0 aliphatic carbocycles. The molecular weight excluding hydrogens is 289 g/mol. The van der Waals surface area contributed by atoms with Gasteiger partial charge in [0.2, 0.25) is 0 Å². The van der Waals surface area contributed by atoms with Crippen molar-refractivity contribution in [2.24, 2.45) is 0 Å². The fourth-order valence-electron chi connectivity index (χ4n) is 1.65. The molecule has 0 spiro atoms. The molecule has 0 unspecified atom stereocenters. The standard InChI is InChI=1S/C13H11ClFNO2S/c1-3-10-11(13(17)18-2)16-12(19-10)7-4-8(14)6-9(15)5-7/h4-6H,3H2,1-2H3. The van der Waals surface area contributed by atoms with Gasteiger partial charge in [-0.3, -0.25) is 0 Å². The number of hydrogen-bond acceptors (Lipinski definition) is 4. The van der Waals surface area contributed by atoms with Crippen LogP contribution in [-0.2, 0) is 11.2 Å². The van der Waals surface area contributed by atoms with Gasteiger partial charge < -0.3 is 4.74 Å². The number of aromatic nitrogens is 1. The van der Waals surface area contributed by atoms with E-state index in [1.165, 1.54) is 30.6 Å². The number of thiazole rings is 1. The van der Waals surface area contributed by atoms with Gasteiger partial charge in [0, 0.05) is 15.5 Å². The Bertz CT molecular complexity index is 607. The Balaban J connectivity index is 2.51. The summed E-state index contributed by atoms with van der Waals surface area (Å²) in [4.78, 5) is 16.6. The van der Waals surface area contributed by atoms with Crippen molar-refractivity contribution in [3.05, 3.63) is 39.6 Å². The second kappa shape index (κ2) is 5.67.